The van der Waals surface area contributed by atoms with E-state index in [4.69, 9.17) is 4.84 Å². The second kappa shape index (κ2) is 3.11. The number of hydroxylamine groups is 1. The van der Waals surface area contributed by atoms with Gasteiger partial charge in [-0.1, -0.05) is 6.08 Å². The molecule has 1 heterocycles. The molecule has 0 aliphatic carbocycles. The van der Waals surface area contributed by atoms with Crippen LogP contribution in [0.15, 0.2) is 25.1 Å². The molecule has 0 aromatic heterocycles. The Morgan fingerprint density at radius 1 is 1.78 bits per heavy atom. The molecule has 50 valence electrons. The summed E-state index contributed by atoms with van der Waals surface area (Å²) in [5, 5.41) is 1.46. The highest BCUT2D eigenvalue weighted by Crippen LogP contribution is 1.88. The van der Waals surface area contributed by atoms with Crippen molar-refractivity contribution in [3.05, 3.63) is 25.1 Å². The van der Waals surface area contributed by atoms with Gasteiger partial charge in [-0.15, -0.1) is 12.1 Å². The van der Waals surface area contributed by atoms with Gasteiger partial charge in [0.25, 0.3) is 0 Å². The van der Waals surface area contributed by atoms with Gasteiger partial charge in [0, 0.05) is 6.20 Å². The van der Waals surface area contributed by atoms with Crippen LogP contribution in [0.2, 0.25) is 0 Å². The van der Waals surface area contributed by atoms with Gasteiger partial charge in [0.2, 0.25) is 0 Å². The van der Waals surface area contributed by atoms with Crippen molar-refractivity contribution < 1.29 is 4.84 Å². The Labute approximate surface area is 53.7 Å². The summed E-state index contributed by atoms with van der Waals surface area (Å²) in [5.41, 5.74) is 5.41. The fourth-order valence-electron chi connectivity index (χ4n) is 0.451. The molecule has 0 atom stereocenters. The lowest BCUT2D eigenvalue weighted by Crippen LogP contribution is -2.35. The van der Waals surface area contributed by atoms with Gasteiger partial charge in [0.1, 0.15) is 0 Å². The Morgan fingerprint density at radius 2 is 2.67 bits per heavy atom. The van der Waals surface area contributed by atoms with E-state index in [1.807, 2.05) is 0 Å². The normalized spacial score (nSPS) is 15.8. The third kappa shape index (κ3) is 1.75. The summed E-state index contributed by atoms with van der Waals surface area (Å²) in [6, 6.07) is 0. The van der Waals surface area contributed by atoms with Crippen molar-refractivity contribution in [2.45, 2.75) is 0 Å². The molecule has 0 unspecified atom stereocenters. The number of hydrogen-bond acceptors (Lipinski definition) is 4. The molecule has 1 rings (SSSR count). The van der Waals surface area contributed by atoms with E-state index in [1.165, 1.54) is 5.17 Å². The second-order valence-corrected chi connectivity index (χ2v) is 1.48. The Hall–Kier alpha value is -1.00. The lowest BCUT2D eigenvalue weighted by atomic mass is 10.7. The Kier molecular flexibility index (Phi) is 2.12. The Morgan fingerprint density at radius 3 is 3.22 bits per heavy atom. The summed E-state index contributed by atoms with van der Waals surface area (Å²) in [7, 11) is 0. The van der Waals surface area contributed by atoms with Crippen LogP contribution in [0, 0.1) is 0 Å². The monoisotopic (exact) mass is 127 g/mol. The minimum absolute atomic E-state index is 0.499. The molecule has 0 saturated heterocycles. The Bertz CT molecular complexity index is 123. The van der Waals surface area contributed by atoms with Crippen LogP contribution in [-0.2, 0) is 4.84 Å². The van der Waals surface area contributed by atoms with Gasteiger partial charge < -0.3 is 5.43 Å². The molecule has 2 N–H and O–H groups in total. The Balaban J connectivity index is 2.12. The van der Waals surface area contributed by atoms with Crippen LogP contribution in [0.1, 0.15) is 0 Å². The maximum absolute atomic E-state index is 5.01. The predicted octanol–water partition coefficient (Wildman–Crippen LogP) is -0.100. The van der Waals surface area contributed by atoms with Crippen molar-refractivity contribution in [1.29, 1.82) is 0 Å². The third-order valence-electron chi connectivity index (χ3n) is 0.799. The lowest BCUT2D eigenvalue weighted by molar-refractivity contribution is -0.144. The van der Waals surface area contributed by atoms with Crippen LogP contribution < -0.4 is 11.0 Å². The summed E-state index contributed by atoms with van der Waals surface area (Å²) in [4.78, 5) is 5.01. The van der Waals surface area contributed by atoms with E-state index in [0.29, 0.717) is 6.61 Å². The fraction of sp³-hybridized carbons (Fsp3) is 0.200. The molecule has 1 aliphatic heterocycles. The first-order valence-corrected chi connectivity index (χ1v) is 2.64. The van der Waals surface area contributed by atoms with Crippen molar-refractivity contribution in [2.24, 2.45) is 0 Å². The first kappa shape index (κ1) is 6.12. The molecule has 4 nitrogen and oxygen atoms in total. The zero-order valence-corrected chi connectivity index (χ0v) is 5.00. The number of nitrogens with one attached hydrogen (secondary N) is 2. The molecular weight excluding hydrogens is 118 g/mol. The van der Waals surface area contributed by atoms with Crippen LogP contribution in [0.5, 0.6) is 0 Å². The average molecular weight is 127 g/mol. The van der Waals surface area contributed by atoms with E-state index < -0.39 is 0 Å². The molecule has 0 aromatic carbocycles. The highest BCUT2D eigenvalue weighted by Gasteiger charge is 1.98. The van der Waals surface area contributed by atoms with E-state index in [9.17, 15) is 0 Å². The van der Waals surface area contributed by atoms with Gasteiger partial charge in [0.15, 0.2) is 0 Å². The van der Waals surface area contributed by atoms with Gasteiger partial charge in [-0.05, 0) is 0 Å². The minimum Gasteiger partial charge on any atom is -0.308 e. The van der Waals surface area contributed by atoms with Crippen molar-refractivity contribution in [3.63, 3.8) is 0 Å². The summed E-state index contributed by atoms with van der Waals surface area (Å²) in [6.45, 7) is 4.00. The second-order valence-electron chi connectivity index (χ2n) is 1.48. The third-order valence-corrected chi connectivity index (χ3v) is 0.799. The van der Waals surface area contributed by atoms with E-state index in [2.05, 4.69) is 17.5 Å². The lowest BCUT2D eigenvalue weighted by Gasteiger charge is -2.12. The maximum Gasteiger partial charge on any atom is 0.0945 e. The zero-order chi connectivity index (χ0) is 6.53. The van der Waals surface area contributed by atoms with Gasteiger partial charge in [-0.2, -0.15) is 5.17 Å². The topological polar surface area (TPSA) is 36.5 Å². The van der Waals surface area contributed by atoms with Gasteiger partial charge >= 0.3 is 0 Å². The van der Waals surface area contributed by atoms with Crippen molar-refractivity contribution in [2.75, 3.05) is 6.61 Å². The molecule has 1 aliphatic rings. The quantitative estimate of drug-likeness (QED) is 0.519. The zero-order valence-electron chi connectivity index (χ0n) is 5.00. The van der Waals surface area contributed by atoms with E-state index in [1.54, 1.807) is 18.5 Å². The van der Waals surface area contributed by atoms with Crippen LogP contribution in [0.4, 0.5) is 0 Å². The van der Waals surface area contributed by atoms with Crippen LogP contribution in [0.3, 0.4) is 0 Å². The molecule has 0 saturated carbocycles. The van der Waals surface area contributed by atoms with Crippen molar-refractivity contribution >= 4 is 0 Å². The molecule has 0 amide bonds. The summed E-state index contributed by atoms with van der Waals surface area (Å²) < 4.78 is 0. The van der Waals surface area contributed by atoms with Gasteiger partial charge in [-0.3, -0.25) is 4.84 Å². The van der Waals surface area contributed by atoms with E-state index in [-0.39, 0.29) is 0 Å². The highest BCUT2D eigenvalue weighted by atomic mass is 16.7. The number of hydrazine groups is 2. The number of hydrogen-bond donors (Lipinski definition) is 2. The first-order chi connectivity index (χ1) is 4.43. The van der Waals surface area contributed by atoms with E-state index >= 15 is 0 Å². The summed E-state index contributed by atoms with van der Waals surface area (Å²) in [5.74, 6) is 0. The molecule has 9 heavy (non-hydrogen) atoms. The summed E-state index contributed by atoms with van der Waals surface area (Å²) >= 11 is 0. The van der Waals surface area contributed by atoms with Gasteiger partial charge in [-0.25, -0.2) is 0 Å². The molecule has 0 spiro atoms. The van der Waals surface area contributed by atoms with Crippen LogP contribution >= 0.6 is 0 Å². The smallest absolute Gasteiger partial charge is 0.0945 e. The summed E-state index contributed by atoms with van der Waals surface area (Å²) in [6.07, 6.45) is 5.13. The fourth-order valence-corrected chi connectivity index (χ4v) is 0.451. The highest BCUT2D eigenvalue weighted by molar-refractivity contribution is 4.78. The van der Waals surface area contributed by atoms with Gasteiger partial charge in [0.05, 0.1) is 12.8 Å². The van der Waals surface area contributed by atoms with Crippen molar-refractivity contribution in [1.82, 2.24) is 16.1 Å². The molecule has 0 fully saturated rings. The van der Waals surface area contributed by atoms with Crippen molar-refractivity contribution in [3.8, 4) is 0 Å². The molecule has 0 aromatic rings. The largest absolute Gasteiger partial charge is 0.308 e. The molecule has 4 heteroatoms. The predicted molar refractivity (Wildman–Crippen MR) is 33.4 cm³/mol. The van der Waals surface area contributed by atoms with Crippen LogP contribution in [0.25, 0.3) is 0 Å². The maximum atomic E-state index is 5.01. The van der Waals surface area contributed by atoms with Crippen LogP contribution in [-0.4, -0.2) is 11.8 Å². The number of nitrogens with zero attached hydrogens (tertiary/aromatic N) is 1. The molecule has 0 radical (unpaired) electrons. The van der Waals surface area contributed by atoms with E-state index in [0.717, 1.165) is 0 Å². The number of rotatable bonds is 3. The SMILES string of the molecule is C=CCON1C=CNN1. The minimum atomic E-state index is 0.499. The molecule has 0 bridgehead atoms. The first-order valence-electron chi connectivity index (χ1n) is 2.64. The average Bonchev–Trinajstić information content (AvgIpc) is 2.34. The standard InChI is InChI=1S/C5H9N3O/c1-2-5-9-8-4-3-6-7-8/h2-4,6-7H,1,5H2. The molecular formula is C5H9N3O.